The van der Waals surface area contributed by atoms with Crippen LogP contribution in [-0.4, -0.2) is 51.6 Å². The molecular formula is C11H11N5O3. The highest BCUT2D eigenvalue weighted by atomic mass is 16.2. The SMILES string of the molecule is O=C1NC(=O)C2(CCN(C(=O)c3ccnnc3)C2)N1. The van der Waals surface area contributed by atoms with Crippen LogP contribution in [0.5, 0.6) is 0 Å². The Hall–Kier alpha value is -2.51. The summed E-state index contributed by atoms with van der Waals surface area (Å²) in [7, 11) is 0. The van der Waals surface area contributed by atoms with Crippen LogP contribution in [0.2, 0.25) is 0 Å². The van der Waals surface area contributed by atoms with Gasteiger partial charge in [-0.1, -0.05) is 0 Å². The molecule has 2 N–H and O–H groups in total. The summed E-state index contributed by atoms with van der Waals surface area (Å²) in [4.78, 5) is 36.7. The van der Waals surface area contributed by atoms with Crippen molar-refractivity contribution in [2.75, 3.05) is 13.1 Å². The predicted octanol–water partition coefficient (Wildman–Crippen LogP) is -1.10. The Kier molecular flexibility index (Phi) is 2.44. The second-order valence-corrected chi connectivity index (χ2v) is 4.60. The van der Waals surface area contributed by atoms with E-state index in [1.807, 2.05) is 0 Å². The second kappa shape index (κ2) is 4.01. The van der Waals surface area contributed by atoms with Crippen molar-refractivity contribution in [3.05, 3.63) is 24.0 Å². The number of carbonyl (C=O) groups is 3. The standard InChI is InChI=1S/C11H11N5O3/c17-8(7-1-3-12-13-5-7)16-4-2-11(6-16)9(18)14-10(19)15-11/h1,3,5H,2,4,6H2,(H2,14,15,18,19). The molecule has 19 heavy (non-hydrogen) atoms. The minimum Gasteiger partial charge on any atom is -0.336 e. The highest BCUT2D eigenvalue weighted by Gasteiger charge is 2.51. The number of hydrogen-bond donors (Lipinski definition) is 2. The molecule has 0 aromatic carbocycles. The molecule has 0 bridgehead atoms. The van der Waals surface area contributed by atoms with Crippen molar-refractivity contribution in [1.29, 1.82) is 0 Å². The maximum Gasteiger partial charge on any atom is 0.322 e. The van der Waals surface area contributed by atoms with Crippen molar-refractivity contribution in [3.63, 3.8) is 0 Å². The fourth-order valence-electron chi connectivity index (χ4n) is 2.40. The molecule has 2 saturated heterocycles. The smallest absolute Gasteiger partial charge is 0.322 e. The van der Waals surface area contributed by atoms with Gasteiger partial charge in [0.15, 0.2) is 0 Å². The number of imide groups is 1. The van der Waals surface area contributed by atoms with Gasteiger partial charge in [-0.2, -0.15) is 10.2 Å². The predicted molar refractivity (Wildman–Crippen MR) is 62.0 cm³/mol. The minimum atomic E-state index is -0.979. The highest BCUT2D eigenvalue weighted by molar-refractivity contribution is 6.08. The Morgan fingerprint density at radius 1 is 1.37 bits per heavy atom. The molecule has 1 aromatic rings. The molecule has 1 spiro atoms. The van der Waals surface area contributed by atoms with E-state index in [0.717, 1.165) is 0 Å². The van der Waals surface area contributed by atoms with E-state index in [9.17, 15) is 14.4 Å². The highest BCUT2D eigenvalue weighted by Crippen LogP contribution is 2.25. The zero-order chi connectivity index (χ0) is 13.5. The van der Waals surface area contributed by atoms with Crippen LogP contribution in [0.3, 0.4) is 0 Å². The van der Waals surface area contributed by atoms with E-state index in [4.69, 9.17) is 0 Å². The lowest BCUT2D eigenvalue weighted by atomic mass is 9.99. The Bertz CT molecular complexity index is 561. The molecule has 1 aromatic heterocycles. The van der Waals surface area contributed by atoms with Crippen molar-refractivity contribution < 1.29 is 14.4 Å². The van der Waals surface area contributed by atoms with Crippen LogP contribution in [0.4, 0.5) is 4.79 Å². The summed E-state index contributed by atoms with van der Waals surface area (Å²) in [6, 6.07) is 1.05. The Morgan fingerprint density at radius 2 is 2.21 bits per heavy atom. The number of nitrogens with one attached hydrogen (secondary N) is 2. The van der Waals surface area contributed by atoms with Gasteiger partial charge in [0.05, 0.1) is 24.5 Å². The number of rotatable bonds is 1. The first-order valence-corrected chi connectivity index (χ1v) is 5.80. The Labute approximate surface area is 108 Å². The van der Waals surface area contributed by atoms with E-state index in [0.29, 0.717) is 18.5 Å². The monoisotopic (exact) mass is 261 g/mol. The van der Waals surface area contributed by atoms with Gasteiger partial charge in [0.1, 0.15) is 5.54 Å². The van der Waals surface area contributed by atoms with Gasteiger partial charge in [-0.25, -0.2) is 4.79 Å². The zero-order valence-electron chi connectivity index (χ0n) is 9.92. The van der Waals surface area contributed by atoms with E-state index < -0.39 is 11.6 Å². The number of amides is 4. The quantitative estimate of drug-likeness (QED) is 0.624. The molecule has 8 heteroatoms. The zero-order valence-corrected chi connectivity index (χ0v) is 9.92. The molecular weight excluding hydrogens is 250 g/mol. The molecule has 1 unspecified atom stereocenters. The normalized spacial score (nSPS) is 25.6. The number of likely N-dealkylation sites (tertiary alicyclic amines) is 1. The first-order chi connectivity index (χ1) is 9.11. The lowest BCUT2D eigenvalue weighted by Crippen LogP contribution is -2.49. The van der Waals surface area contributed by atoms with E-state index in [1.54, 1.807) is 6.07 Å². The lowest BCUT2D eigenvalue weighted by Gasteiger charge is -2.20. The van der Waals surface area contributed by atoms with Gasteiger partial charge in [-0.05, 0) is 12.5 Å². The summed E-state index contributed by atoms with van der Waals surface area (Å²) < 4.78 is 0. The second-order valence-electron chi connectivity index (χ2n) is 4.60. The summed E-state index contributed by atoms with van der Waals surface area (Å²) >= 11 is 0. The lowest BCUT2D eigenvalue weighted by molar-refractivity contribution is -0.123. The average Bonchev–Trinajstić information content (AvgIpc) is 2.95. The molecule has 98 valence electrons. The van der Waals surface area contributed by atoms with Gasteiger partial charge in [-0.3, -0.25) is 14.9 Å². The summed E-state index contributed by atoms with van der Waals surface area (Å²) in [5, 5.41) is 12.0. The number of aromatic nitrogens is 2. The topological polar surface area (TPSA) is 104 Å². The van der Waals surface area contributed by atoms with Crippen LogP contribution >= 0.6 is 0 Å². The minimum absolute atomic E-state index is 0.172. The van der Waals surface area contributed by atoms with E-state index in [1.165, 1.54) is 17.3 Å². The van der Waals surface area contributed by atoms with Crippen molar-refractivity contribution in [3.8, 4) is 0 Å². The first-order valence-electron chi connectivity index (χ1n) is 5.80. The molecule has 3 rings (SSSR count). The van der Waals surface area contributed by atoms with Gasteiger partial charge in [0.25, 0.3) is 11.8 Å². The number of carbonyl (C=O) groups excluding carboxylic acids is 3. The van der Waals surface area contributed by atoms with E-state index in [-0.39, 0.29) is 18.4 Å². The van der Waals surface area contributed by atoms with E-state index >= 15 is 0 Å². The largest absolute Gasteiger partial charge is 0.336 e. The molecule has 8 nitrogen and oxygen atoms in total. The van der Waals surface area contributed by atoms with Crippen LogP contribution in [0.1, 0.15) is 16.8 Å². The third kappa shape index (κ3) is 1.81. The van der Waals surface area contributed by atoms with Crippen LogP contribution in [0.25, 0.3) is 0 Å². The summed E-state index contributed by atoms with van der Waals surface area (Å²) in [6.07, 6.45) is 3.22. The fraction of sp³-hybridized carbons (Fsp3) is 0.364. The number of nitrogens with zero attached hydrogens (tertiary/aromatic N) is 3. The summed E-state index contributed by atoms with van der Waals surface area (Å²) in [6.45, 7) is 0.584. The molecule has 4 amide bonds. The molecule has 1 atom stereocenters. The Balaban J connectivity index is 1.78. The number of urea groups is 1. The van der Waals surface area contributed by atoms with Crippen LogP contribution in [-0.2, 0) is 4.79 Å². The molecule has 0 radical (unpaired) electrons. The van der Waals surface area contributed by atoms with Crippen molar-refractivity contribution in [2.45, 2.75) is 12.0 Å². The van der Waals surface area contributed by atoms with Crippen LogP contribution < -0.4 is 10.6 Å². The summed E-state index contributed by atoms with van der Waals surface area (Å²) in [5.41, 5.74) is -0.565. The van der Waals surface area contributed by atoms with Crippen LogP contribution in [0, 0.1) is 0 Å². The molecule has 2 aliphatic heterocycles. The third-order valence-corrected chi connectivity index (χ3v) is 3.40. The van der Waals surface area contributed by atoms with Crippen molar-refractivity contribution >= 4 is 17.8 Å². The van der Waals surface area contributed by atoms with Crippen LogP contribution in [0.15, 0.2) is 18.5 Å². The Morgan fingerprint density at radius 3 is 2.84 bits per heavy atom. The van der Waals surface area contributed by atoms with Gasteiger partial charge in [0, 0.05) is 6.54 Å². The van der Waals surface area contributed by atoms with Gasteiger partial charge < -0.3 is 10.2 Å². The fourth-order valence-corrected chi connectivity index (χ4v) is 2.40. The molecule has 2 aliphatic rings. The number of hydrogen-bond acceptors (Lipinski definition) is 5. The molecule has 3 heterocycles. The molecule has 2 fully saturated rings. The van der Waals surface area contributed by atoms with E-state index in [2.05, 4.69) is 20.8 Å². The van der Waals surface area contributed by atoms with Crippen molar-refractivity contribution in [1.82, 2.24) is 25.7 Å². The van der Waals surface area contributed by atoms with Gasteiger partial charge in [0.2, 0.25) is 0 Å². The van der Waals surface area contributed by atoms with Crippen molar-refractivity contribution in [2.24, 2.45) is 0 Å². The molecule has 0 aliphatic carbocycles. The van der Waals surface area contributed by atoms with Gasteiger partial charge in [-0.15, -0.1) is 0 Å². The van der Waals surface area contributed by atoms with Gasteiger partial charge >= 0.3 is 6.03 Å². The summed E-state index contributed by atoms with van der Waals surface area (Å²) in [5.74, 6) is -0.596. The average molecular weight is 261 g/mol. The maximum atomic E-state index is 12.2. The third-order valence-electron chi connectivity index (χ3n) is 3.40. The maximum absolute atomic E-state index is 12.2. The first kappa shape index (κ1) is 11.6. The molecule has 0 saturated carbocycles.